The maximum absolute atomic E-state index is 12.3. The van der Waals surface area contributed by atoms with Gasteiger partial charge in [-0.15, -0.1) is 0 Å². The van der Waals surface area contributed by atoms with E-state index in [0.29, 0.717) is 11.6 Å². The average molecular weight is 367 g/mol. The minimum absolute atomic E-state index is 0.127. The molecule has 1 saturated carbocycles. The lowest BCUT2D eigenvalue weighted by Crippen LogP contribution is -2.36. The fraction of sp³-hybridized carbons (Fsp3) is 0.353. The third-order valence-corrected chi connectivity index (χ3v) is 3.75. The van der Waals surface area contributed by atoms with E-state index in [0.717, 1.165) is 18.5 Å². The number of hydrogen-bond acceptors (Lipinski definition) is 4. The molecule has 3 rings (SSSR count). The van der Waals surface area contributed by atoms with Crippen molar-refractivity contribution in [3.63, 3.8) is 0 Å². The van der Waals surface area contributed by atoms with Crippen molar-refractivity contribution in [1.29, 1.82) is 0 Å². The van der Waals surface area contributed by atoms with Gasteiger partial charge in [-0.05, 0) is 31.0 Å². The molecule has 1 aromatic carbocycles. The van der Waals surface area contributed by atoms with E-state index in [-0.39, 0.29) is 5.69 Å². The number of esters is 1. The number of carbonyl (C=O) groups excluding carboxylic acids is 2. The van der Waals surface area contributed by atoms with E-state index in [1.165, 1.54) is 4.68 Å². The second-order valence-corrected chi connectivity index (χ2v) is 5.94. The number of aromatic nitrogens is 2. The zero-order valence-corrected chi connectivity index (χ0v) is 13.6. The van der Waals surface area contributed by atoms with Crippen molar-refractivity contribution in [1.82, 2.24) is 15.1 Å². The fourth-order valence-corrected chi connectivity index (χ4v) is 2.34. The molecular weight excluding hydrogens is 351 g/mol. The fourth-order valence-electron chi connectivity index (χ4n) is 2.34. The van der Waals surface area contributed by atoms with E-state index >= 15 is 0 Å². The lowest BCUT2D eigenvalue weighted by Gasteiger charge is -2.09. The van der Waals surface area contributed by atoms with Crippen LogP contribution in [0, 0.1) is 0 Å². The van der Waals surface area contributed by atoms with Crippen LogP contribution in [0.25, 0.3) is 5.69 Å². The van der Waals surface area contributed by atoms with Crippen molar-refractivity contribution in [2.45, 2.75) is 24.9 Å². The van der Waals surface area contributed by atoms with Gasteiger partial charge in [-0.25, -0.2) is 9.48 Å². The molecule has 0 spiro atoms. The summed E-state index contributed by atoms with van der Waals surface area (Å²) in [5.41, 5.74) is 1.52. The maximum atomic E-state index is 12.3. The van der Waals surface area contributed by atoms with Gasteiger partial charge >= 0.3 is 12.1 Å². The Morgan fingerprint density at radius 3 is 2.54 bits per heavy atom. The number of halogens is 3. The first-order valence-electron chi connectivity index (χ1n) is 7.99. The van der Waals surface area contributed by atoms with Gasteiger partial charge in [0.1, 0.15) is 6.54 Å². The lowest BCUT2D eigenvalue weighted by molar-refractivity contribution is -0.140. The number of rotatable bonds is 6. The van der Waals surface area contributed by atoms with Crippen LogP contribution in [0.1, 0.15) is 34.9 Å². The highest BCUT2D eigenvalue weighted by molar-refractivity contribution is 5.90. The molecule has 0 atom stereocenters. The first-order valence-corrected chi connectivity index (χ1v) is 7.99. The van der Waals surface area contributed by atoms with Gasteiger partial charge < -0.3 is 10.1 Å². The molecule has 26 heavy (non-hydrogen) atoms. The molecule has 6 nitrogen and oxygen atoms in total. The van der Waals surface area contributed by atoms with Gasteiger partial charge in [0.2, 0.25) is 0 Å². The summed E-state index contributed by atoms with van der Waals surface area (Å²) in [6.07, 6.45) is -2.55. The summed E-state index contributed by atoms with van der Waals surface area (Å²) in [7, 11) is 0. The van der Waals surface area contributed by atoms with Gasteiger partial charge in [-0.3, -0.25) is 4.79 Å². The summed E-state index contributed by atoms with van der Waals surface area (Å²) < 4.78 is 42.5. The molecule has 0 saturated heterocycles. The number of nitrogens with one attached hydrogen (secondary N) is 1. The molecule has 9 heteroatoms. The first-order chi connectivity index (χ1) is 12.3. The van der Waals surface area contributed by atoms with Gasteiger partial charge in [-0.2, -0.15) is 18.3 Å². The Balaban J connectivity index is 1.69. The van der Waals surface area contributed by atoms with E-state index in [1.807, 2.05) is 6.07 Å². The molecule has 1 fully saturated rings. The average Bonchev–Trinajstić information content (AvgIpc) is 3.36. The SMILES string of the molecule is O=C(COC(=O)c1cc(C2CC2)nn1-c1ccccc1)NCC(F)(F)F. The zero-order chi connectivity index (χ0) is 18.7. The summed E-state index contributed by atoms with van der Waals surface area (Å²) in [5, 5.41) is 6.07. The highest BCUT2D eigenvalue weighted by Gasteiger charge is 2.30. The predicted molar refractivity (Wildman–Crippen MR) is 84.9 cm³/mol. The second-order valence-electron chi connectivity index (χ2n) is 5.94. The van der Waals surface area contributed by atoms with E-state index < -0.39 is 31.2 Å². The number of nitrogens with zero attached hydrogens (tertiary/aromatic N) is 2. The highest BCUT2D eigenvalue weighted by atomic mass is 19.4. The van der Waals surface area contributed by atoms with Crippen LogP contribution in [0.15, 0.2) is 36.4 Å². The van der Waals surface area contributed by atoms with Crippen LogP contribution >= 0.6 is 0 Å². The van der Waals surface area contributed by atoms with Gasteiger partial charge in [-0.1, -0.05) is 18.2 Å². The van der Waals surface area contributed by atoms with Crippen molar-refractivity contribution in [2.75, 3.05) is 13.2 Å². The van der Waals surface area contributed by atoms with Gasteiger partial charge in [0.15, 0.2) is 12.3 Å². The van der Waals surface area contributed by atoms with Crippen LogP contribution in [0.2, 0.25) is 0 Å². The summed E-state index contributed by atoms with van der Waals surface area (Å²) in [4.78, 5) is 23.7. The zero-order valence-electron chi connectivity index (χ0n) is 13.6. The van der Waals surface area contributed by atoms with E-state index in [2.05, 4.69) is 5.10 Å². The molecule has 0 bridgehead atoms. The summed E-state index contributed by atoms with van der Waals surface area (Å²) >= 11 is 0. The van der Waals surface area contributed by atoms with Gasteiger partial charge in [0, 0.05) is 5.92 Å². The third-order valence-electron chi connectivity index (χ3n) is 3.75. The van der Waals surface area contributed by atoms with Crippen LogP contribution in [-0.4, -0.2) is 41.0 Å². The summed E-state index contributed by atoms with van der Waals surface area (Å²) in [6.45, 7) is -2.27. The molecule has 2 aromatic rings. The Morgan fingerprint density at radius 1 is 1.23 bits per heavy atom. The number of amides is 1. The molecule has 0 aliphatic heterocycles. The Bertz CT molecular complexity index is 799. The molecular formula is C17H16F3N3O3. The second kappa shape index (κ2) is 7.19. The standard InChI is InChI=1S/C17H16F3N3O3/c18-17(19,20)10-21-15(24)9-26-16(25)14-8-13(11-6-7-11)22-23(14)12-4-2-1-3-5-12/h1-5,8,11H,6-7,9-10H2,(H,21,24). The van der Waals surface area contributed by atoms with Crippen LogP contribution in [-0.2, 0) is 9.53 Å². The Hall–Kier alpha value is -2.84. The number of ether oxygens (including phenoxy) is 1. The van der Waals surface area contributed by atoms with E-state index in [4.69, 9.17) is 4.74 Å². The quantitative estimate of drug-likeness (QED) is 0.797. The van der Waals surface area contributed by atoms with Crippen molar-refractivity contribution >= 4 is 11.9 Å². The number of carbonyl (C=O) groups is 2. The van der Waals surface area contributed by atoms with Gasteiger partial charge in [0.25, 0.3) is 5.91 Å². The molecule has 1 aliphatic rings. The molecule has 1 N–H and O–H groups in total. The van der Waals surface area contributed by atoms with Crippen LogP contribution in [0.5, 0.6) is 0 Å². The van der Waals surface area contributed by atoms with Crippen molar-refractivity contribution < 1.29 is 27.5 Å². The Labute approximate surface area is 146 Å². The normalized spacial score (nSPS) is 14.1. The summed E-state index contributed by atoms with van der Waals surface area (Å²) in [6, 6.07) is 10.5. The van der Waals surface area contributed by atoms with Crippen molar-refractivity contribution in [3.05, 3.63) is 47.8 Å². The first kappa shape index (κ1) is 18.0. The van der Waals surface area contributed by atoms with Crippen molar-refractivity contribution in [3.8, 4) is 5.69 Å². The Kier molecular flexibility index (Phi) is 4.97. The molecule has 138 valence electrons. The number of hydrogen-bond donors (Lipinski definition) is 1. The maximum Gasteiger partial charge on any atom is 0.405 e. The van der Waals surface area contributed by atoms with Crippen molar-refractivity contribution in [2.24, 2.45) is 0 Å². The third kappa shape index (κ3) is 4.62. The Morgan fingerprint density at radius 2 is 1.92 bits per heavy atom. The van der Waals surface area contributed by atoms with E-state index in [9.17, 15) is 22.8 Å². The molecule has 0 radical (unpaired) electrons. The molecule has 1 aromatic heterocycles. The van der Waals surface area contributed by atoms with Crippen LogP contribution in [0.3, 0.4) is 0 Å². The lowest BCUT2D eigenvalue weighted by atomic mass is 10.2. The minimum Gasteiger partial charge on any atom is -0.451 e. The monoisotopic (exact) mass is 367 g/mol. The largest absolute Gasteiger partial charge is 0.451 e. The summed E-state index contributed by atoms with van der Waals surface area (Å²) in [5.74, 6) is -1.55. The minimum atomic E-state index is -4.52. The molecule has 0 unspecified atom stereocenters. The number of benzene rings is 1. The van der Waals surface area contributed by atoms with Crippen LogP contribution in [0.4, 0.5) is 13.2 Å². The van der Waals surface area contributed by atoms with Crippen LogP contribution < -0.4 is 5.32 Å². The van der Waals surface area contributed by atoms with E-state index in [1.54, 1.807) is 35.6 Å². The number of alkyl halides is 3. The number of para-hydroxylation sites is 1. The topological polar surface area (TPSA) is 73.2 Å². The molecule has 1 amide bonds. The van der Waals surface area contributed by atoms with Gasteiger partial charge in [0.05, 0.1) is 11.4 Å². The predicted octanol–water partition coefficient (Wildman–Crippen LogP) is 2.59. The smallest absolute Gasteiger partial charge is 0.405 e. The highest BCUT2D eigenvalue weighted by Crippen LogP contribution is 2.39. The molecule has 1 heterocycles. The molecule has 1 aliphatic carbocycles.